The van der Waals surface area contributed by atoms with Crippen LogP contribution in [0.5, 0.6) is 11.5 Å². The van der Waals surface area contributed by atoms with Gasteiger partial charge < -0.3 is 19.0 Å². The molecule has 1 N–H and O–H groups in total. The maximum Gasteiger partial charge on any atom is 0.271 e. The summed E-state index contributed by atoms with van der Waals surface area (Å²) in [5.41, 5.74) is 0.405. The zero-order valence-electron chi connectivity index (χ0n) is 28.0. The van der Waals surface area contributed by atoms with E-state index < -0.39 is 27.5 Å². The van der Waals surface area contributed by atoms with Crippen molar-refractivity contribution in [3.63, 3.8) is 0 Å². The quantitative estimate of drug-likeness (QED) is 0.239. The number of fused-ring (bicyclic) bond motifs is 1. The Morgan fingerprint density at radius 3 is 2.40 bits per heavy atom. The van der Waals surface area contributed by atoms with E-state index in [0.29, 0.717) is 66.0 Å². The number of oxazole rings is 1. The van der Waals surface area contributed by atoms with Crippen molar-refractivity contribution in [3.05, 3.63) is 101 Å². The average molecular weight is 722 g/mol. The topological polar surface area (TPSA) is 129 Å². The van der Waals surface area contributed by atoms with Gasteiger partial charge in [-0.2, -0.15) is 0 Å². The minimum absolute atomic E-state index is 0.0601. The molecule has 7 rings (SSSR count). The van der Waals surface area contributed by atoms with E-state index >= 15 is 4.79 Å². The Morgan fingerprint density at radius 1 is 0.960 bits per heavy atom. The maximum absolute atomic E-state index is 15.6. The lowest BCUT2D eigenvalue weighted by Crippen LogP contribution is -2.54. The minimum Gasteiger partial charge on any atom is -0.497 e. The maximum atomic E-state index is 15.6. The Morgan fingerprint density at radius 2 is 1.72 bits per heavy atom. The third kappa shape index (κ3) is 5.85. The summed E-state index contributed by atoms with van der Waals surface area (Å²) >= 11 is 6.71. The molecule has 2 saturated heterocycles. The lowest BCUT2D eigenvalue weighted by molar-refractivity contribution is -0.127. The van der Waals surface area contributed by atoms with Gasteiger partial charge in [-0.25, -0.2) is 17.7 Å². The van der Waals surface area contributed by atoms with Crippen LogP contribution in [0.1, 0.15) is 41.5 Å². The fourth-order valence-electron chi connectivity index (χ4n) is 7.66. The van der Waals surface area contributed by atoms with Crippen LogP contribution >= 0.6 is 11.6 Å². The molecular weight excluding hydrogens is 682 g/mol. The molecule has 12 nitrogen and oxygen atoms in total. The zero-order valence-corrected chi connectivity index (χ0v) is 29.6. The van der Waals surface area contributed by atoms with Gasteiger partial charge in [-0.05, 0) is 73.0 Å². The summed E-state index contributed by atoms with van der Waals surface area (Å²) in [5.74, 6) is 0.686. The van der Waals surface area contributed by atoms with Crippen LogP contribution < -0.4 is 13.8 Å². The lowest BCUT2D eigenvalue weighted by atomic mass is 9.80. The highest BCUT2D eigenvalue weighted by atomic mass is 35.5. The Hall–Kier alpha value is -3.98. The van der Waals surface area contributed by atoms with Gasteiger partial charge in [-0.1, -0.05) is 17.7 Å². The highest BCUT2D eigenvalue weighted by Gasteiger charge is 2.62. The number of ether oxygens (including phenoxy) is 2. The van der Waals surface area contributed by atoms with Crippen LogP contribution in [-0.4, -0.2) is 99.2 Å². The molecule has 4 aromatic rings. The number of β-amino-alcohol motifs (C(OH)–C–C–N with tert-alkyl or cyclic N) is 1. The van der Waals surface area contributed by atoms with Crippen LogP contribution in [0, 0.1) is 0 Å². The van der Waals surface area contributed by atoms with E-state index in [1.807, 2.05) is 23.1 Å². The number of sulfonamides is 1. The standard InChI is InChI=1S/C36H40ClN5O7S/c1-47-27-7-9-28(10-8-27)50(45,46)42-31-11-6-26(37)23-29(31)36(35(42)44,41-14-3-4-32(41)34-38-13-21-49-34)30-22-25(5-12-33(30)48-2)24-40-17-15-39(16-18-40)19-20-43/h5-13,21-23,32,43H,3-4,14-20,24H2,1-2H3. The van der Waals surface area contributed by atoms with Crippen LogP contribution in [0.15, 0.2) is 82.4 Å². The van der Waals surface area contributed by atoms with Gasteiger partial charge in [-0.3, -0.25) is 19.5 Å². The number of nitrogens with zero attached hydrogens (tertiary/aromatic N) is 5. The number of aromatic nitrogens is 1. The molecule has 14 heteroatoms. The van der Waals surface area contributed by atoms with Crippen LogP contribution in [-0.2, 0) is 26.9 Å². The summed E-state index contributed by atoms with van der Waals surface area (Å²) < 4.78 is 47.3. The van der Waals surface area contributed by atoms with E-state index in [4.69, 9.17) is 25.5 Å². The van der Waals surface area contributed by atoms with Gasteiger partial charge in [0, 0.05) is 62.0 Å². The van der Waals surface area contributed by atoms with Crippen molar-refractivity contribution in [1.82, 2.24) is 19.7 Å². The van der Waals surface area contributed by atoms with E-state index in [-0.39, 0.29) is 17.2 Å². The van der Waals surface area contributed by atoms with Crippen molar-refractivity contribution in [2.24, 2.45) is 0 Å². The van der Waals surface area contributed by atoms with Gasteiger partial charge in [0.15, 0.2) is 5.54 Å². The number of hydrogen-bond acceptors (Lipinski definition) is 11. The molecule has 2 unspecified atom stereocenters. The number of anilines is 1. The van der Waals surface area contributed by atoms with E-state index in [9.17, 15) is 13.5 Å². The summed E-state index contributed by atoms with van der Waals surface area (Å²) in [5, 5.41) is 9.75. The predicted molar refractivity (Wildman–Crippen MR) is 187 cm³/mol. The van der Waals surface area contributed by atoms with Gasteiger partial charge in [0.2, 0.25) is 5.89 Å². The number of methoxy groups -OCH3 is 2. The second-order valence-corrected chi connectivity index (χ2v) is 14.9. The van der Waals surface area contributed by atoms with Gasteiger partial charge in [0.25, 0.3) is 15.9 Å². The Labute approximate surface area is 296 Å². The number of carbonyl (C=O) groups is 1. The second kappa shape index (κ2) is 14.0. The highest BCUT2D eigenvalue weighted by molar-refractivity contribution is 7.93. The molecule has 4 heterocycles. The van der Waals surface area contributed by atoms with Crippen LogP contribution in [0.2, 0.25) is 5.02 Å². The third-order valence-corrected chi connectivity index (χ3v) is 12.0. The number of carbonyl (C=O) groups excluding carboxylic acids is 1. The van der Waals surface area contributed by atoms with Crippen molar-refractivity contribution < 1.29 is 32.2 Å². The number of rotatable bonds is 11. The minimum atomic E-state index is -4.43. The molecule has 264 valence electrons. The van der Waals surface area contributed by atoms with Crippen LogP contribution in [0.4, 0.5) is 5.69 Å². The molecule has 2 fully saturated rings. The Kier molecular flexibility index (Phi) is 9.63. The zero-order chi connectivity index (χ0) is 35.0. The fraction of sp³-hybridized carbons (Fsp3) is 0.389. The number of hydrogen-bond donors (Lipinski definition) is 1. The summed E-state index contributed by atoms with van der Waals surface area (Å²) in [4.78, 5) is 26.6. The lowest BCUT2D eigenvalue weighted by Gasteiger charge is -2.41. The van der Waals surface area contributed by atoms with Crippen molar-refractivity contribution in [2.75, 3.05) is 64.4 Å². The number of halogens is 1. The number of likely N-dealkylation sites (tertiary alicyclic amines) is 1. The van der Waals surface area contributed by atoms with Crippen LogP contribution in [0.25, 0.3) is 0 Å². The average Bonchev–Trinajstić information content (AvgIpc) is 3.88. The summed E-state index contributed by atoms with van der Waals surface area (Å²) in [6.45, 7) is 5.12. The molecule has 0 aliphatic carbocycles. The summed E-state index contributed by atoms with van der Waals surface area (Å²) in [6.07, 6.45) is 4.42. The summed E-state index contributed by atoms with van der Waals surface area (Å²) in [7, 11) is -1.38. The van der Waals surface area contributed by atoms with Crippen molar-refractivity contribution in [1.29, 1.82) is 0 Å². The Bertz CT molecular complexity index is 1950. The SMILES string of the molecule is COc1ccc(S(=O)(=O)N2C(=O)C(c3cc(CN4CCN(CCO)CC4)ccc3OC)(N3CCCC3c3ncco3)c3cc(Cl)ccc32)cc1. The van der Waals surface area contributed by atoms with E-state index in [2.05, 4.69) is 14.8 Å². The highest BCUT2D eigenvalue weighted by Crippen LogP contribution is 2.57. The molecule has 3 aliphatic rings. The van der Waals surface area contributed by atoms with E-state index in [1.54, 1.807) is 43.6 Å². The molecule has 0 spiro atoms. The largest absolute Gasteiger partial charge is 0.497 e. The molecule has 2 atom stereocenters. The smallest absolute Gasteiger partial charge is 0.271 e. The van der Waals surface area contributed by atoms with Gasteiger partial charge in [0.05, 0.1) is 43.6 Å². The van der Waals surface area contributed by atoms with Crippen molar-refractivity contribution in [2.45, 2.75) is 35.9 Å². The van der Waals surface area contributed by atoms with Crippen molar-refractivity contribution in [3.8, 4) is 11.5 Å². The molecule has 1 amide bonds. The fourth-order valence-corrected chi connectivity index (χ4v) is 9.29. The first kappa shape index (κ1) is 34.5. The van der Waals surface area contributed by atoms with Crippen LogP contribution in [0.3, 0.4) is 0 Å². The molecule has 0 bridgehead atoms. The number of piperazine rings is 1. The molecule has 3 aliphatic heterocycles. The molecule has 0 radical (unpaired) electrons. The third-order valence-electron chi connectivity index (χ3n) is 10.0. The van der Waals surface area contributed by atoms with Crippen molar-refractivity contribution >= 4 is 33.2 Å². The second-order valence-electron chi connectivity index (χ2n) is 12.7. The first-order chi connectivity index (χ1) is 24.2. The number of amides is 1. The number of aliphatic hydroxyl groups is 1. The first-order valence-electron chi connectivity index (χ1n) is 16.6. The molecule has 0 saturated carbocycles. The molecular formula is C36H40ClN5O7S. The first-order valence-corrected chi connectivity index (χ1v) is 18.5. The van der Waals surface area contributed by atoms with Gasteiger partial charge in [-0.15, -0.1) is 0 Å². The Balaban J connectivity index is 1.42. The monoisotopic (exact) mass is 721 g/mol. The molecule has 3 aromatic carbocycles. The normalized spacial score (nSPS) is 21.9. The van der Waals surface area contributed by atoms with E-state index in [1.165, 1.54) is 25.5 Å². The molecule has 1 aromatic heterocycles. The van der Waals surface area contributed by atoms with E-state index in [0.717, 1.165) is 36.0 Å². The van der Waals surface area contributed by atoms with Gasteiger partial charge >= 0.3 is 0 Å². The number of benzene rings is 3. The van der Waals surface area contributed by atoms with Gasteiger partial charge in [0.1, 0.15) is 17.8 Å². The predicted octanol–water partition coefficient (Wildman–Crippen LogP) is 4.27. The number of aliphatic hydroxyl groups excluding tert-OH is 1. The molecule has 50 heavy (non-hydrogen) atoms. The summed E-state index contributed by atoms with van der Waals surface area (Å²) in [6, 6.07) is 16.2.